The summed E-state index contributed by atoms with van der Waals surface area (Å²) in [6, 6.07) is 5.24. The molecule has 0 bridgehead atoms. The summed E-state index contributed by atoms with van der Waals surface area (Å²) in [6.45, 7) is 1.82. The number of ether oxygens (including phenoxy) is 2. The Labute approximate surface area is 127 Å². The predicted molar refractivity (Wildman–Crippen MR) is 82.1 cm³/mol. The number of nitrogens with zero attached hydrogens (tertiary/aromatic N) is 1. The molecule has 1 aromatic heterocycles. The predicted octanol–water partition coefficient (Wildman–Crippen LogP) is 2.55. The first-order chi connectivity index (χ1) is 10.1. The highest BCUT2D eigenvalue weighted by atomic mass is 32.2. The second-order valence-electron chi connectivity index (χ2n) is 4.21. The number of aromatic amines is 1. The largest absolute Gasteiger partial charge is 0.493 e. The molecule has 0 aliphatic carbocycles. The molecule has 0 saturated heterocycles. The number of amides is 1. The van der Waals surface area contributed by atoms with Gasteiger partial charge < -0.3 is 19.8 Å². The number of aromatic nitrogens is 2. The van der Waals surface area contributed by atoms with Crippen LogP contribution >= 0.6 is 11.8 Å². The van der Waals surface area contributed by atoms with Crippen LogP contribution in [0.3, 0.4) is 0 Å². The monoisotopic (exact) mass is 307 g/mol. The quantitative estimate of drug-likeness (QED) is 0.802. The lowest BCUT2D eigenvalue weighted by Gasteiger charge is -2.13. The smallest absolute Gasteiger partial charge is 0.237 e. The van der Waals surface area contributed by atoms with Crippen molar-refractivity contribution in [1.29, 1.82) is 0 Å². The van der Waals surface area contributed by atoms with E-state index in [-0.39, 0.29) is 11.2 Å². The summed E-state index contributed by atoms with van der Waals surface area (Å²) in [7, 11) is 3.12. The average molecular weight is 307 g/mol. The first kappa shape index (κ1) is 15.2. The first-order valence-electron chi connectivity index (χ1n) is 6.33. The van der Waals surface area contributed by atoms with Crippen LogP contribution in [0.5, 0.6) is 11.5 Å². The number of nitrogens with one attached hydrogen (secondary N) is 2. The van der Waals surface area contributed by atoms with E-state index in [1.54, 1.807) is 44.8 Å². The molecule has 1 heterocycles. The van der Waals surface area contributed by atoms with Crippen LogP contribution in [0.4, 0.5) is 5.69 Å². The van der Waals surface area contributed by atoms with Gasteiger partial charge in [-0.2, -0.15) is 0 Å². The Balaban J connectivity index is 2.01. The molecule has 0 aliphatic rings. The van der Waals surface area contributed by atoms with Crippen molar-refractivity contribution in [1.82, 2.24) is 9.97 Å². The molecule has 1 amide bonds. The van der Waals surface area contributed by atoms with Gasteiger partial charge >= 0.3 is 0 Å². The lowest BCUT2D eigenvalue weighted by atomic mass is 10.2. The molecule has 2 rings (SSSR count). The molecule has 2 aromatic rings. The third-order valence-corrected chi connectivity index (χ3v) is 3.80. The van der Waals surface area contributed by atoms with Crippen LogP contribution in [0.2, 0.25) is 0 Å². The van der Waals surface area contributed by atoms with Crippen LogP contribution in [-0.2, 0) is 4.79 Å². The number of benzene rings is 1. The van der Waals surface area contributed by atoms with Crippen LogP contribution in [0.25, 0.3) is 0 Å². The SMILES string of the molecule is COc1ccc(NC(=O)C(C)Sc2ncc[nH]2)cc1OC. The molecule has 0 fully saturated rings. The van der Waals surface area contributed by atoms with Gasteiger partial charge in [-0.25, -0.2) is 4.98 Å². The van der Waals surface area contributed by atoms with Gasteiger partial charge in [-0.1, -0.05) is 11.8 Å². The Bertz CT molecular complexity index is 602. The molecular formula is C14H17N3O3S. The van der Waals surface area contributed by atoms with E-state index in [1.165, 1.54) is 11.8 Å². The fourth-order valence-corrected chi connectivity index (χ4v) is 2.45. The highest BCUT2D eigenvalue weighted by Crippen LogP contribution is 2.30. The van der Waals surface area contributed by atoms with E-state index in [0.717, 1.165) is 0 Å². The van der Waals surface area contributed by atoms with Gasteiger partial charge in [0.25, 0.3) is 0 Å². The van der Waals surface area contributed by atoms with Crippen molar-refractivity contribution in [2.75, 3.05) is 19.5 Å². The number of hydrogen-bond donors (Lipinski definition) is 2. The lowest BCUT2D eigenvalue weighted by Crippen LogP contribution is -2.22. The topological polar surface area (TPSA) is 76.2 Å². The highest BCUT2D eigenvalue weighted by Gasteiger charge is 2.16. The van der Waals surface area contributed by atoms with E-state index in [9.17, 15) is 4.79 Å². The lowest BCUT2D eigenvalue weighted by molar-refractivity contribution is -0.115. The third kappa shape index (κ3) is 3.91. The Kier molecular flexibility index (Phi) is 5.10. The third-order valence-electron chi connectivity index (χ3n) is 2.78. The minimum absolute atomic E-state index is 0.108. The molecule has 1 unspecified atom stereocenters. The van der Waals surface area contributed by atoms with E-state index in [4.69, 9.17) is 9.47 Å². The maximum absolute atomic E-state index is 12.1. The Morgan fingerprint density at radius 1 is 1.33 bits per heavy atom. The van der Waals surface area contributed by atoms with Crippen molar-refractivity contribution in [3.05, 3.63) is 30.6 Å². The Morgan fingerprint density at radius 2 is 2.10 bits per heavy atom. The van der Waals surface area contributed by atoms with Crippen LogP contribution in [0.15, 0.2) is 35.7 Å². The molecule has 0 saturated carbocycles. The van der Waals surface area contributed by atoms with Crippen LogP contribution in [0.1, 0.15) is 6.92 Å². The van der Waals surface area contributed by atoms with Gasteiger partial charge in [-0.3, -0.25) is 4.79 Å². The summed E-state index contributed by atoms with van der Waals surface area (Å²) < 4.78 is 10.4. The number of imidazole rings is 1. The number of H-pyrrole nitrogens is 1. The highest BCUT2D eigenvalue weighted by molar-refractivity contribution is 8.00. The van der Waals surface area contributed by atoms with E-state index >= 15 is 0 Å². The van der Waals surface area contributed by atoms with Gasteiger partial charge in [0.15, 0.2) is 16.7 Å². The van der Waals surface area contributed by atoms with Crippen molar-refractivity contribution >= 4 is 23.4 Å². The fourth-order valence-electron chi connectivity index (χ4n) is 1.69. The van der Waals surface area contributed by atoms with Gasteiger partial charge in [0.2, 0.25) is 5.91 Å². The van der Waals surface area contributed by atoms with Gasteiger partial charge in [-0.05, 0) is 19.1 Å². The van der Waals surface area contributed by atoms with Crippen LogP contribution < -0.4 is 14.8 Å². The summed E-state index contributed by atoms with van der Waals surface area (Å²) in [6.07, 6.45) is 3.38. The zero-order chi connectivity index (χ0) is 15.2. The second kappa shape index (κ2) is 7.03. The standard InChI is InChI=1S/C14H17N3O3S/c1-9(21-14-15-6-7-16-14)13(18)17-10-4-5-11(19-2)12(8-10)20-3/h4-9H,1-3H3,(H,15,16)(H,17,18). The number of carbonyl (C=O) groups is 1. The van der Waals surface area contributed by atoms with Crippen molar-refractivity contribution < 1.29 is 14.3 Å². The second-order valence-corrected chi connectivity index (χ2v) is 5.54. The summed E-state index contributed by atoms with van der Waals surface area (Å²) in [5.41, 5.74) is 0.657. The molecule has 2 N–H and O–H groups in total. The maximum atomic E-state index is 12.1. The molecule has 0 aliphatic heterocycles. The number of thioether (sulfide) groups is 1. The fraction of sp³-hybridized carbons (Fsp3) is 0.286. The maximum Gasteiger partial charge on any atom is 0.237 e. The van der Waals surface area contributed by atoms with Crippen LogP contribution in [-0.4, -0.2) is 35.3 Å². The van der Waals surface area contributed by atoms with Crippen molar-refractivity contribution in [2.45, 2.75) is 17.3 Å². The van der Waals surface area contributed by atoms with Crippen molar-refractivity contribution in [2.24, 2.45) is 0 Å². The molecule has 0 spiro atoms. The number of anilines is 1. The molecule has 21 heavy (non-hydrogen) atoms. The first-order valence-corrected chi connectivity index (χ1v) is 7.21. The minimum Gasteiger partial charge on any atom is -0.493 e. The molecule has 1 atom stereocenters. The molecule has 6 nitrogen and oxygen atoms in total. The van der Waals surface area contributed by atoms with E-state index in [2.05, 4.69) is 15.3 Å². The summed E-state index contributed by atoms with van der Waals surface area (Å²) in [5.74, 6) is 1.08. The molecule has 0 radical (unpaired) electrons. The van der Waals surface area contributed by atoms with E-state index < -0.39 is 0 Å². The Morgan fingerprint density at radius 3 is 2.71 bits per heavy atom. The van der Waals surface area contributed by atoms with Gasteiger partial charge in [0, 0.05) is 24.1 Å². The normalized spacial score (nSPS) is 11.8. The zero-order valence-electron chi connectivity index (χ0n) is 12.0. The number of hydrogen-bond acceptors (Lipinski definition) is 5. The number of methoxy groups -OCH3 is 2. The number of rotatable bonds is 6. The van der Waals surface area contributed by atoms with Gasteiger partial charge in [0.1, 0.15) is 0 Å². The minimum atomic E-state index is -0.274. The summed E-state index contributed by atoms with van der Waals surface area (Å²) in [4.78, 5) is 19.2. The molecule has 7 heteroatoms. The van der Waals surface area contributed by atoms with Gasteiger partial charge in [-0.15, -0.1) is 0 Å². The average Bonchev–Trinajstić information content (AvgIpc) is 2.99. The molecule has 1 aromatic carbocycles. The molecular weight excluding hydrogens is 290 g/mol. The summed E-state index contributed by atoms with van der Waals surface area (Å²) in [5, 5.41) is 3.28. The summed E-state index contributed by atoms with van der Waals surface area (Å²) >= 11 is 1.36. The van der Waals surface area contributed by atoms with E-state index in [0.29, 0.717) is 22.3 Å². The Hall–Kier alpha value is -2.15. The van der Waals surface area contributed by atoms with Crippen molar-refractivity contribution in [3.8, 4) is 11.5 Å². The van der Waals surface area contributed by atoms with E-state index in [1.807, 2.05) is 6.92 Å². The zero-order valence-corrected chi connectivity index (χ0v) is 12.9. The van der Waals surface area contributed by atoms with Gasteiger partial charge in [0.05, 0.1) is 19.5 Å². The number of carbonyl (C=O) groups excluding carboxylic acids is 1. The van der Waals surface area contributed by atoms with Crippen LogP contribution in [0, 0.1) is 0 Å². The van der Waals surface area contributed by atoms with Crippen molar-refractivity contribution in [3.63, 3.8) is 0 Å². The molecule has 112 valence electrons.